The van der Waals surface area contributed by atoms with Crippen molar-refractivity contribution in [1.29, 1.82) is 0 Å². The molecule has 2 N–H and O–H groups in total. The van der Waals surface area contributed by atoms with Gasteiger partial charge in [-0.2, -0.15) is 0 Å². The third-order valence-corrected chi connectivity index (χ3v) is 5.60. The van der Waals surface area contributed by atoms with Gasteiger partial charge in [0.15, 0.2) is 6.10 Å². The van der Waals surface area contributed by atoms with Crippen LogP contribution in [0.3, 0.4) is 0 Å². The summed E-state index contributed by atoms with van der Waals surface area (Å²) in [6.07, 6.45) is 2.86. The minimum Gasteiger partial charge on any atom is -0.453 e. The number of hydrogen-bond acceptors (Lipinski definition) is 5. The predicted molar refractivity (Wildman–Crippen MR) is 92.2 cm³/mol. The number of hydrogen-bond donors (Lipinski definition) is 2. The number of ether oxygens (including phenoxy) is 1. The third-order valence-electron chi connectivity index (χ3n) is 4.12. The second-order valence-electron chi connectivity index (χ2n) is 6.22. The van der Waals surface area contributed by atoms with Crippen LogP contribution in [-0.2, 0) is 24.3 Å². The summed E-state index contributed by atoms with van der Waals surface area (Å²) in [4.78, 5) is 23.6. The Bertz CT molecular complexity index is 730. The number of esters is 1. The van der Waals surface area contributed by atoms with Crippen molar-refractivity contribution < 1.29 is 27.1 Å². The van der Waals surface area contributed by atoms with Gasteiger partial charge in [0.25, 0.3) is 5.91 Å². The zero-order chi connectivity index (χ0) is 19.2. The SMILES string of the molecule is C[C@@H](OC(=O)CCNS(=O)(=O)c1ccc(F)cc1)C(=O)NC1CCCC1. The van der Waals surface area contributed by atoms with Crippen LogP contribution in [-0.4, -0.2) is 39.0 Å². The lowest BCUT2D eigenvalue weighted by Crippen LogP contribution is -2.41. The van der Waals surface area contributed by atoms with E-state index >= 15 is 0 Å². The molecule has 0 aromatic heterocycles. The monoisotopic (exact) mass is 386 g/mol. The standard InChI is InChI=1S/C17H23FN2O5S/c1-12(17(22)20-14-4-2-3-5-14)25-16(21)10-11-19-26(23,24)15-8-6-13(18)7-9-15/h6-9,12,14,19H,2-5,10-11H2,1H3,(H,20,22)/t12-/m1/s1. The van der Waals surface area contributed by atoms with Crippen molar-refractivity contribution in [3.63, 3.8) is 0 Å². The molecule has 0 unspecified atom stereocenters. The van der Waals surface area contributed by atoms with E-state index in [0.29, 0.717) is 0 Å². The van der Waals surface area contributed by atoms with Crippen LogP contribution in [0.4, 0.5) is 4.39 Å². The fraction of sp³-hybridized carbons (Fsp3) is 0.529. The second-order valence-corrected chi connectivity index (χ2v) is 7.99. The van der Waals surface area contributed by atoms with Crippen LogP contribution in [0.25, 0.3) is 0 Å². The number of halogens is 1. The lowest BCUT2D eigenvalue weighted by molar-refractivity contribution is -0.154. The van der Waals surface area contributed by atoms with Gasteiger partial charge in [0, 0.05) is 12.6 Å². The van der Waals surface area contributed by atoms with E-state index in [1.54, 1.807) is 0 Å². The highest BCUT2D eigenvalue weighted by atomic mass is 32.2. The predicted octanol–water partition coefficient (Wildman–Crippen LogP) is 1.48. The summed E-state index contributed by atoms with van der Waals surface area (Å²) in [6, 6.07) is 4.46. The van der Waals surface area contributed by atoms with Crippen molar-refractivity contribution in [2.45, 2.75) is 56.1 Å². The molecule has 0 spiro atoms. The molecule has 1 aliphatic rings. The summed E-state index contributed by atoms with van der Waals surface area (Å²) < 4.78 is 44.1. The molecule has 1 aliphatic carbocycles. The zero-order valence-electron chi connectivity index (χ0n) is 14.5. The molecular weight excluding hydrogens is 363 g/mol. The van der Waals surface area contributed by atoms with Crippen LogP contribution in [0.1, 0.15) is 39.0 Å². The number of benzene rings is 1. The molecule has 1 aromatic rings. The van der Waals surface area contributed by atoms with Crippen LogP contribution in [0.2, 0.25) is 0 Å². The van der Waals surface area contributed by atoms with Crippen LogP contribution >= 0.6 is 0 Å². The average Bonchev–Trinajstić information content (AvgIpc) is 3.08. The van der Waals surface area contributed by atoms with Gasteiger partial charge in [-0.15, -0.1) is 0 Å². The summed E-state index contributed by atoms with van der Waals surface area (Å²) in [6.45, 7) is 1.29. The number of carbonyl (C=O) groups excluding carboxylic acids is 2. The fourth-order valence-corrected chi connectivity index (χ4v) is 3.71. The number of nitrogens with one attached hydrogen (secondary N) is 2. The smallest absolute Gasteiger partial charge is 0.307 e. The second kappa shape index (κ2) is 9.09. The number of rotatable bonds is 8. The summed E-state index contributed by atoms with van der Waals surface area (Å²) in [5, 5.41) is 2.83. The van der Waals surface area contributed by atoms with Gasteiger partial charge in [-0.3, -0.25) is 9.59 Å². The quantitative estimate of drug-likeness (QED) is 0.659. The lowest BCUT2D eigenvalue weighted by Gasteiger charge is -2.17. The summed E-state index contributed by atoms with van der Waals surface area (Å²) in [7, 11) is -3.84. The molecule has 2 rings (SSSR count). The number of carbonyl (C=O) groups is 2. The van der Waals surface area contributed by atoms with Gasteiger partial charge in [-0.1, -0.05) is 12.8 Å². The molecule has 1 atom stereocenters. The Morgan fingerprint density at radius 2 is 1.85 bits per heavy atom. The van der Waals surface area contributed by atoms with Gasteiger partial charge >= 0.3 is 5.97 Å². The van der Waals surface area contributed by atoms with Crippen LogP contribution in [0, 0.1) is 5.82 Å². The van der Waals surface area contributed by atoms with Gasteiger partial charge in [0.2, 0.25) is 10.0 Å². The van der Waals surface area contributed by atoms with E-state index in [0.717, 1.165) is 49.9 Å². The average molecular weight is 386 g/mol. The van der Waals surface area contributed by atoms with Crippen LogP contribution in [0.15, 0.2) is 29.2 Å². The van der Waals surface area contributed by atoms with Crippen LogP contribution < -0.4 is 10.0 Å². The molecule has 1 aromatic carbocycles. The Kier molecular flexibility index (Phi) is 7.10. The highest BCUT2D eigenvalue weighted by Crippen LogP contribution is 2.17. The van der Waals surface area contributed by atoms with Crippen molar-refractivity contribution in [2.75, 3.05) is 6.54 Å². The zero-order valence-corrected chi connectivity index (χ0v) is 15.4. The van der Waals surface area contributed by atoms with Gasteiger partial charge in [0.1, 0.15) is 5.82 Å². The largest absolute Gasteiger partial charge is 0.453 e. The highest BCUT2D eigenvalue weighted by Gasteiger charge is 2.23. The van der Waals surface area contributed by atoms with Gasteiger partial charge in [-0.05, 0) is 44.0 Å². The summed E-state index contributed by atoms with van der Waals surface area (Å²) in [5.41, 5.74) is 0. The van der Waals surface area contributed by atoms with Gasteiger partial charge in [0.05, 0.1) is 11.3 Å². The molecule has 7 nitrogen and oxygen atoms in total. The van der Waals surface area contributed by atoms with E-state index in [4.69, 9.17) is 4.74 Å². The van der Waals surface area contributed by atoms with Crippen molar-refractivity contribution in [3.8, 4) is 0 Å². The Hall–Kier alpha value is -2.00. The molecule has 1 fully saturated rings. The maximum Gasteiger partial charge on any atom is 0.307 e. The molecule has 0 bridgehead atoms. The molecule has 0 aliphatic heterocycles. The van der Waals surface area contributed by atoms with Crippen LogP contribution in [0.5, 0.6) is 0 Å². The van der Waals surface area contributed by atoms with Gasteiger partial charge in [-0.25, -0.2) is 17.5 Å². The molecule has 9 heteroatoms. The first kappa shape index (κ1) is 20.3. The van der Waals surface area contributed by atoms with Crippen molar-refractivity contribution >= 4 is 21.9 Å². The molecule has 144 valence electrons. The Labute approximate surface area is 152 Å². The molecule has 0 heterocycles. The topological polar surface area (TPSA) is 102 Å². The molecule has 0 saturated heterocycles. The normalized spacial score (nSPS) is 16.2. The summed E-state index contributed by atoms with van der Waals surface area (Å²) in [5.74, 6) is -1.57. The first-order valence-corrected chi connectivity index (χ1v) is 10.0. The van der Waals surface area contributed by atoms with Gasteiger partial charge < -0.3 is 10.1 Å². The van der Waals surface area contributed by atoms with Crippen molar-refractivity contribution in [2.24, 2.45) is 0 Å². The Morgan fingerprint density at radius 1 is 1.23 bits per heavy atom. The van der Waals surface area contributed by atoms with E-state index in [1.165, 1.54) is 6.92 Å². The molecule has 0 radical (unpaired) electrons. The fourth-order valence-electron chi connectivity index (χ4n) is 2.68. The Balaban J connectivity index is 1.73. The number of amides is 1. The van der Waals surface area contributed by atoms with Crippen molar-refractivity contribution in [3.05, 3.63) is 30.1 Å². The molecule has 26 heavy (non-hydrogen) atoms. The molecular formula is C17H23FN2O5S. The summed E-state index contributed by atoms with van der Waals surface area (Å²) >= 11 is 0. The minimum absolute atomic E-state index is 0.100. The third kappa shape index (κ3) is 6.06. The Morgan fingerprint density at radius 3 is 2.46 bits per heavy atom. The number of sulfonamides is 1. The first-order chi connectivity index (χ1) is 12.3. The lowest BCUT2D eigenvalue weighted by atomic mass is 10.2. The van der Waals surface area contributed by atoms with E-state index in [9.17, 15) is 22.4 Å². The van der Waals surface area contributed by atoms with E-state index in [-0.39, 0.29) is 29.8 Å². The van der Waals surface area contributed by atoms with Crippen molar-refractivity contribution in [1.82, 2.24) is 10.0 Å². The molecule has 1 saturated carbocycles. The highest BCUT2D eigenvalue weighted by molar-refractivity contribution is 7.89. The minimum atomic E-state index is -3.84. The maximum absolute atomic E-state index is 12.8. The van der Waals surface area contributed by atoms with E-state index < -0.39 is 27.9 Å². The first-order valence-electron chi connectivity index (χ1n) is 8.53. The van der Waals surface area contributed by atoms with E-state index in [2.05, 4.69) is 10.0 Å². The maximum atomic E-state index is 12.8. The van der Waals surface area contributed by atoms with E-state index in [1.807, 2.05) is 0 Å². The molecule has 1 amide bonds.